The molecule has 1 unspecified atom stereocenters. The lowest BCUT2D eigenvalue weighted by Crippen LogP contribution is -2.38. The highest BCUT2D eigenvalue weighted by molar-refractivity contribution is 5.72. The minimum atomic E-state index is -0.106. The maximum absolute atomic E-state index is 11.9. The first-order valence-electron chi connectivity index (χ1n) is 12.8. The van der Waals surface area contributed by atoms with E-state index in [2.05, 4.69) is 59.4 Å². The molecule has 0 spiro atoms. The Morgan fingerprint density at radius 3 is 2.53 bits per heavy atom. The van der Waals surface area contributed by atoms with Crippen molar-refractivity contribution in [1.82, 2.24) is 29.8 Å². The Morgan fingerprint density at radius 1 is 0.974 bits per heavy atom. The number of ether oxygens (including phenoxy) is 1. The van der Waals surface area contributed by atoms with Crippen molar-refractivity contribution in [1.29, 1.82) is 0 Å². The first-order chi connectivity index (χ1) is 18.6. The number of pyridine rings is 1. The van der Waals surface area contributed by atoms with Crippen LogP contribution in [0.25, 0.3) is 11.5 Å². The number of hydrogen-bond acceptors (Lipinski definition) is 9. The molecule has 1 aromatic carbocycles. The molecule has 1 N–H and O–H groups in total. The maximum atomic E-state index is 11.9. The van der Waals surface area contributed by atoms with Crippen LogP contribution in [0.5, 0.6) is 0 Å². The molecule has 4 heterocycles. The second kappa shape index (κ2) is 11.9. The van der Waals surface area contributed by atoms with Crippen LogP contribution in [-0.4, -0.2) is 56.0 Å². The highest BCUT2D eigenvalue weighted by atomic mass is 16.5. The van der Waals surface area contributed by atoms with E-state index in [-0.39, 0.29) is 11.9 Å². The Bertz CT molecular complexity index is 1390. The van der Waals surface area contributed by atoms with Crippen molar-refractivity contribution in [3.63, 3.8) is 0 Å². The Kier molecular flexibility index (Phi) is 7.94. The standard InChI is InChI=1S/C29H31N7O2/c1-20-5-3-7-24(32-20)28-31-15-13-26(35-28)33-25-12-14-30-27(34-25)17-21-8-10-22(11-9-21)18-36-16-4-6-23(19-36)29(37)38-2/h3,5,7-15,23H,4,6,16-19H2,1-2H3,(H,30,31,33,34,35). The highest BCUT2D eigenvalue weighted by Gasteiger charge is 2.26. The molecule has 1 saturated heterocycles. The third kappa shape index (κ3) is 6.54. The van der Waals surface area contributed by atoms with Gasteiger partial charge >= 0.3 is 5.97 Å². The number of carbonyl (C=O) groups excluding carboxylic acids is 1. The van der Waals surface area contributed by atoms with Crippen LogP contribution >= 0.6 is 0 Å². The van der Waals surface area contributed by atoms with Crippen LogP contribution in [0.15, 0.2) is 67.0 Å². The monoisotopic (exact) mass is 509 g/mol. The summed E-state index contributed by atoms with van der Waals surface area (Å²) in [6.45, 7) is 4.51. The Balaban J connectivity index is 1.20. The number of nitrogens with one attached hydrogen (secondary N) is 1. The second-order valence-corrected chi connectivity index (χ2v) is 9.50. The van der Waals surface area contributed by atoms with Crippen molar-refractivity contribution in [2.45, 2.75) is 32.7 Å². The quantitative estimate of drug-likeness (QED) is 0.347. The summed E-state index contributed by atoms with van der Waals surface area (Å²) in [4.78, 5) is 36.8. The van der Waals surface area contributed by atoms with Gasteiger partial charge in [0, 0.05) is 37.6 Å². The van der Waals surface area contributed by atoms with Crippen molar-refractivity contribution < 1.29 is 9.53 Å². The molecule has 0 saturated carbocycles. The van der Waals surface area contributed by atoms with Crippen LogP contribution in [0, 0.1) is 12.8 Å². The summed E-state index contributed by atoms with van der Waals surface area (Å²) >= 11 is 0. The Morgan fingerprint density at radius 2 is 1.74 bits per heavy atom. The van der Waals surface area contributed by atoms with Crippen molar-refractivity contribution in [2.24, 2.45) is 5.92 Å². The number of methoxy groups -OCH3 is 1. The van der Waals surface area contributed by atoms with E-state index in [0.717, 1.165) is 49.4 Å². The van der Waals surface area contributed by atoms with Crippen molar-refractivity contribution >= 4 is 17.6 Å². The normalized spacial score (nSPS) is 15.7. The van der Waals surface area contributed by atoms with Crippen LogP contribution in [0.2, 0.25) is 0 Å². The number of carbonyl (C=O) groups is 1. The van der Waals surface area contributed by atoms with Gasteiger partial charge in [-0.05, 0) is 61.7 Å². The van der Waals surface area contributed by atoms with Gasteiger partial charge in [0.05, 0.1) is 13.0 Å². The van der Waals surface area contributed by atoms with E-state index >= 15 is 0 Å². The van der Waals surface area contributed by atoms with Gasteiger partial charge in [-0.2, -0.15) is 0 Å². The van der Waals surface area contributed by atoms with Gasteiger partial charge < -0.3 is 10.1 Å². The van der Waals surface area contributed by atoms with Crippen molar-refractivity contribution in [3.05, 3.63) is 89.6 Å². The van der Waals surface area contributed by atoms with Crippen LogP contribution < -0.4 is 5.32 Å². The van der Waals surface area contributed by atoms with Gasteiger partial charge in [-0.15, -0.1) is 0 Å². The van der Waals surface area contributed by atoms with Crippen molar-refractivity contribution in [3.8, 4) is 11.5 Å². The molecule has 3 aromatic heterocycles. The molecule has 4 aromatic rings. The molecule has 0 amide bonds. The fraction of sp³-hybridized carbons (Fsp3) is 0.310. The fourth-order valence-electron chi connectivity index (χ4n) is 4.67. The molecule has 1 aliphatic heterocycles. The molecule has 9 nitrogen and oxygen atoms in total. The van der Waals surface area contributed by atoms with Gasteiger partial charge in [0.1, 0.15) is 23.2 Å². The predicted molar refractivity (Wildman–Crippen MR) is 145 cm³/mol. The van der Waals surface area contributed by atoms with E-state index < -0.39 is 0 Å². The molecule has 0 bridgehead atoms. The smallest absolute Gasteiger partial charge is 0.309 e. The van der Waals surface area contributed by atoms with E-state index in [4.69, 9.17) is 4.74 Å². The molecule has 194 valence electrons. The van der Waals surface area contributed by atoms with Gasteiger partial charge in [0.25, 0.3) is 0 Å². The van der Waals surface area contributed by atoms with Gasteiger partial charge in [-0.25, -0.2) is 24.9 Å². The summed E-state index contributed by atoms with van der Waals surface area (Å²) in [6.07, 6.45) is 5.98. The van der Waals surface area contributed by atoms with E-state index in [0.29, 0.717) is 29.7 Å². The first kappa shape index (κ1) is 25.4. The average molecular weight is 510 g/mol. The zero-order valence-electron chi connectivity index (χ0n) is 21.7. The molecular weight excluding hydrogens is 478 g/mol. The molecule has 0 aliphatic carbocycles. The fourth-order valence-corrected chi connectivity index (χ4v) is 4.67. The van der Waals surface area contributed by atoms with Crippen LogP contribution in [0.4, 0.5) is 11.6 Å². The molecule has 1 atom stereocenters. The number of aryl methyl sites for hydroxylation is 1. The third-order valence-corrected chi connectivity index (χ3v) is 6.57. The Hall–Kier alpha value is -4.24. The van der Waals surface area contributed by atoms with Gasteiger partial charge in [0.15, 0.2) is 5.82 Å². The molecular formula is C29H31N7O2. The number of esters is 1. The van der Waals surface area contributed by atoms with E-state index in [1.165, 1.54) is 12.7 Å². The minimum absolute atomic E-state index is 0.0285. The van der Waals surface area contributed by atoms with E-state index in [9.17, 15) is 4.79 Å². The summed E-state index contributed by atoms with van der Waals surface area (Å²) < 4.78 is 4.94. The summed E-state index contributed by atoms with van der Waals surface area (Å²) in [6, 6.07) is 17.9. The number of piperidine rings is 1. The predicted octanol–water partition coefficient (Wildman–Crippen LogP) is 4.36. The van der Waals surface area contributed by atoms with Crippen LogP contribution in [0.1, 0.15) is 35.5 Å². The number of hydrogen-bond donors (Lipinski definition) is 1. The lowest BCUT2D eigenvalue weighted by molar-refractivity contribution is -0.147. The zero-order valence-corrected chi connectivity index (χ0v) is 21.7. The largest absolute Gasteiger partial charge is 0.469 e. The lowest BCUT2D eigenvalue weighted by atomic mass is 9.97. The maximum Gasteiger partial charge on any atom is 0.309 e. The number of aromatic nitrogens is 5. The van der Waals surface area contributed by atoms with Gasteiger partial charge in [0.2, 0.25) is 0 Å². The highest BCUT2D eigenvalue weighted by Crippen LogP contribution is 2.21. The zero-order chi connectivity index (χ0) is 26.3. The van der Waals surface area contributed by atoms with Gasteiger partial charge in [-0.1, -0.05) is 30.3 Å². The van der Waals surface area contributed by atoms with E-state index in [1.807, 2.05) is 31.2 Å². The third-order valence-electron chi connectivity index (χ3n) is 6.57. The number of anilines is 2. The van der Waals surface area contributed by atoms with Crippen LogP contribution in [-0.2, 0) is 22.5 Å². The molecule has 9 heteroatoms. The topological polar surface area (TPSA) is 106 Å². The lowest BCUT2D eigenvalue weighted by Gasteiger charge is -2.31. The minimum Gasteiger partial charge on any atom is -0.469 e. The molecule has 5 rings (SSSR count). The number of rotatable bonds is 8. The summed E-state index contributed by atoms with van der Waals surface area (Å²) in [7, 11) is 1.46. The average Bonchev–Trinajstić information content (AvgIpc) is 2.94. The van der Waals surface area contributed by atoms with Crippen molar-refractivity contribution in [2.75, 3.05) is 25.5 Å². The SMILES string of the molecule is COC(=O)C1CCCN(Cc2ccc(Cc3nccc(Nc4ccnc(-c5cccc(C)n5)n4)n3)cc2)C1. The second-order valence-electron chi connectivity index (χ2n) is 9.50. The Labute approximate surface area is 222 Å². The number of likely N-dealkylation sites (tertiary alicyclic amines) is 1. The molecule has 38 heavy (non-hydrogen) atoms. The van der Waals surface area contributed by atoms with Crippen LogP contribution in [0.3, 0.4) is 0 Å². The molecule has 1 aliphatic rings. The molecule has 1 fully saturated rings. The summed E-state index contributed by atoms with van der Waals surface area (Å²) in [5, 5.41) is 3.26. The first-order valence-corrected chi connectivity index (χ1v) is 12.8. The number of benzene rings is 1. The number of nitrogens with zero attached hydrogens (tertiary/aromatic N) is 6. The van der Waals surface area contributed by atoms with Gasteiger partial charge in [-0.3, -0.25) is 9.69 Å². The van der Waals surface area contributed by atoms with E-state index in [1.54, 1.807) is 18.5 Å². The summed E-state index contributed by atoms with van der Waals surface area (Å²) in [5.41, 5.74) is 3.99. The molecule has 0 radical (unpaired) electrons. The summed E-state index contributed by atoms with van der Waals surface area (Å²) in [5.74, 6) is 2.44.